The van der Waals surface area contributed by atoms with Crippen molar-refractivity contribution in [2.75, 3.05) is 24.5 Å². The van der Waals surface area contributed by atoms with Gasteiger partial charge in [-0.1, -0.05) is 18.2 Å². The third-order valence-electron chi connectivity index (χ3n) is 6.20. The molecule has 0 aromatic heterocycles. The quantitative estimate of drug-likeness (QED) is 0.894. The maximum Gasteiger partial charge on any atom is 0.221 e. The van der Waals surface area contributed by atoms with E-state index in [4.69, 9.17) is 0 Å². The van der Waals surface area contributed by atoms with Gasteiger partial charge in [-0.2, -0.15) is 0 Å². The fourth-order valence-corrected chi connectivity index (χ4v) is 4.47. The van der Waals surface area contributed by atoms with Gasteiger partial charge in [-0.3, -0.25) is 4.79 Å². The summed E-state index contributed by atoms with van der Waals surface area (Å²) in [6, 6.07) is 10.4. The summed E-state index contributed by atoms with van der Waals surface area (Å²) in [5.74, 6) is 0.222. The van der Waals surface area contributed by atoms with E-state index in [2.05, 4.69) is 46.3 Å². The number of carbonyl (C=O) groups is 1. The molecule has 1 aromatic carbocycles. The first kappa shape index (κ1) is 16.9. The van der Waals surface area contributed by atoms with E-state index in [1.165, 1.54) is 30.5 Å². The highest BCUT2D eigenvalue weighted by Gasteiger charge is 2.32. The van der Waals surface area contributed by atoms with Crippen LogP contribution in [0.3, 0.4) is 0 Å². The summed E-state index contributed by atoms with van der Waals surface area (Å²) in [6.07, 6.45) is 7.93. The highest BCUT2D eigenvalue weighted by molar-refractivity contribution is 5.77. The number of nitrogens with zero attached hydrogens (tertiary/aromatic N) is 2. The number of aryl methyl sites for hydroxylation is 1. The Labute approximate surface area is 151 Å². The second-order valence-electron chi connectivity index (χ2n) is 8.07. The average molecular weight is 341 g/mol. The van der Waals surface area contributed by atoms with Crippen molar-refractivity contribution in [3.63, 3.8) is 0 Å². The molecule has 1 aliphatic carbocycles. The van der Waals surface area contributed by atoms with Crippen molar-refractivity contribution in [2.24, 2.45) is 0 Å². The number of rotatable bonds is 5. The normalized spacial score (nSPS) is 24.8. The summed E-state index contributed by atoms with van der Waals surface area (Å²) in [7, 11) is 0. The number of hydrogen-bond donors (Lipinski definition) is 1. The molecule has 1 amide bonds. The molecule has 4 rings (SSSR count). The zero-order chi connectivity index (χ0) is 17.2. The van der Waals surface area contributed by atoms with Crippen LogP contribution in [0.4, 0.5) is 5.69 Å². The highest BCUT2D eigenvalue weighted by Crippen LogP contribution is 2.31. The van der Waals surface area contributed by atoms with Gasteiger partial charge in [0.25, 0.3) is 0 Å². The van der Waals surface area contributed by atoms with Gasteiger partial charge >= 0.3 is 0 Å². The largest absolute Gasteiger partial charge is 0.368 e. The molecule has 4 nitrogen and oxygen atoms in total. The maximum absolute atomic E-state index is 12.4. The summed E-state index contributed by atoms with van der Waals surface area (Å²) in [5, 5.41) is 3.28. The third-order valence-corrected chi connectivity index (χ3v) is 6.20. The maximum atomic E-state index is 12.4. The molecule has 2 fully saturated rings. The van der Waals surface area contributed by atoms with Crippen molar-refractivity contribution < 1.29 is 4.79 Å². The molecule has 136 valence electrons. The standard InChI is InChI=1S/C21H31N3O/c1-16-6-7-17-4-2-3-5-20(17)24(16)15-12-21(25)22-18-10-13-23(14-11-18)19-8-9-19/h2-5,16,18-19H,6-15H2,1H3,(H,22,25)/t16-/m1/s1. The molecule has 2 aliphatic heterocycles. The van der Waals surface area contributed by atoms with Crippen LogP contribution in [0.25, 0.3) is 0 Å². The van der Waals surface area contributed by atoms with Crippen molar-refractivity contribution >= 4 is 11.6 Å². The Morgan fingerprint density at radius 3 is 2.64 bits per heavy atom. The molecule has 0 radical (unpaired) electrons. The smallest absolute Gasteiger partial charge is 0.221 e. The number of para-hydroxylation sites is 1. The first-order valence-corrected chi connectivity index (χ1v) is 10.1. The zero-order valence-corrected chi connectivity index (χ0v) is 15.4. The zero-order valence-electron chi connectivity index (χ0n) is 15.4. The van der Waals surface area contributed by atoms with Crippen LogP contribution < -0.4 is 10.2 Å². The number of fused-ring (bicyclic) bond motifs is 1. The lowest BCUT2D eigenvalue weighted by Gasteiger charge is -2.37. The van der Waals surface area contributed by atoms with Crippen LogP contribution in [0.15, 0.2) is 24.3 Å². The van der Waals surface area contributed by atoms with E-state index in [9.17, 15) is 4.79 Å². The molecule has 0 spiro atoms. The van der Waals surface area contributed by atoms with E-state index >= 15 is 0 Å². The summed E-state index contributed by atoms with van der Waals surface area (Å²) in [4.78, 5) is 17.5. The van der Waals surface area contributed by atoms with E-state index in [1.807, 2.05) is 0 Å². The highest BCUT2D eigenvalue weighted by atomic mass is 16.1. The molecule has 1 atom stereocenters. The Morgan fingerprint density at radius 1 is 1.12 bits per heavy atom. The lowest BCUT2D eigenvalue weighted by Crippen LogP contribution is -2.46. The van der Waals surface area contributed by atoms with E-state index in [0.717, 1.165) is 44.9 Å². The number of nitrogens with one attached hydrogen (secondary N) is 1. The van der Waals surface area contributed by atoms with Crippen LogP contribution in [0.5, 0.6) is 0 Å². The number of benzene rings is 1. The molecule has 0 bridgehead atoms. The van der Waals surface area contributed by atoms with Crippen LogP contribution in [-0.2, 0) is 11.2 Å². The molecule has 4 heteroatoms. The number of hydrogen-bond acceptors (Lipinski definition) is 3. The van der Waals surface area contributed by atoms with Gasteiger partial charge in [-0.25, -0.2) is 0 Å². The molecular weight excluding hydrogens is 310 g/mol. The third kappa shape index (κ3) is 4.00. The number of piperidine rings is 1. The second-order valence-corrected chi connectivity index (χ2v) is 8.07. The van der Waals surface area contributed by atoms with Crippen LogP contribution >= 0.6 is 0 Å². The first-order valence-electron chi connectivity index (χ1n) is 10.1. The Balaban J connectivity index is 1.26. The van der Waals surface area contributed by atoms with Crippen LogP contribution in [0.2, 0.25) is 0 Å². The first-order chi connectivity index (χ1) is 12.2. The fraction of sp³-hybridized carbons (Fsp3) is 0.667. The number of anilines is 1. The van der Waals surface area contributed by atoms with Crippen molar-refractivity contribution in [3.8, 4) is 0 Å². The predicted molar refractivity (Wildman–Crippen MR) is 102 cm³/mol. The SMILES string of the molecule is C[C@@H]1CCc2ccccc2N1CCC(=O)NC1CCN(C2CC2)CC1. The van der Waals surface area contributed by atoms with Gasteiger partial charge in [0.2, 0.25) is 5.91 Å². The van der Waals surface area contributed by atoms with Gasteiger partial charge in [0.15, 0.2) is 0 Å². The Bertz CT molecular complexity index is 605. The summed E-state index contributed by atoms with van der Waals surface area (Å²) >= 11 is 0. The Morgan fingerprint density at radius 2 is 1.88 bits per heavy atom. The second kappa shape index (κ2) is 7.36. The summed E-state index contributed by atoms with van der Waals surface area (Å²) in [5.41, 5.74) is 2.75. The van der Waals surface area contributed by atoms with Gasteiger partial charge < -0.3 is 15.1 Å². The summed E-state index contributed by atoms with van der Waals surface area (Å²) in [6.45, 7) is 5.42. The molecule has 2 heterocycles. The molecule has 1 N–H and O–H groups in total. The predicted octanol–water partition coefficient (Wildman–Crippen LogP) is 2.96. The van der Waals surface area contributed by atoms with E-state index in [1.54, 1.807) is 0 Å². The topological polar surface area (TPSA) is 35.6 Å². The van der Waals surface area contributed by atoms with Gasteiger partial charge in [-0.05, 0) is 57.1 Å². The lowest BCUT2D eigenvalue weighted by molar-refractivity contribution is -0.121. The minimum Gasteiger partial charge on any atom is -0.368 e. The van der Waals surface area contributed by atoms with Crippen LogP contribution in [0.1, 0.15) is 51.0 Å². The number of amides is 1. The minimum absolute atomic E-state index is 0.222. The minimum atomic E-state index is 0.222. The van der Waals surface area contributed by atoms with Crippen molar-refractivity contribution in [2.45, 2.75) is 70.0 Å². The lowest BCUT2D eigenvalue weighted by atomic mass is 9.96. The Kier molecular flexibility index (Phi) is 4.98. The van der Waals surface area contributed by atoms with Crippen LogP contribution in [0, 0.1) is 0 Å². The van der Waals surface area contributed by atoms with Gasteiger partial charge in [-0.15, -0.1) is 0 Å². The molecule has 1 aromatic rings. The summed E-state index contributed by atoms with van der Waals surface area (Å²) < 4.78 is 0. The monoisotopic (exact) mass is 341 g/mol. The van der Waals surface area contributed by atoms with Gasteiger partial charge in [0, 0.05) is 49.9 Å². The van der Waals surface area contributed by atoms with Crippen molar-refractivity contribution in [1.82, 2.24) is 10.2 Å². The fourth-order valence-electron chi connectivity index (χ4n) is 4.47. The number of carbonyl (C=O) groups excluding carboxylic acids is 1. The Hall–Kier alpha value is -1.55. The van der Waals surface area contributed by atoms with E-state index in [-0.39, 0.29) is 5.91 Å². The molecule has 0 unspecified atom stereocenters. The van der Waals surface area contributed by atoms with Crippen molar-refractivity contribution in [1.29, 1.82) is 0 Å². The molecule has 1 saturated heterocycles. The van der Waals surface area contributed by atoms with Gasteiger partial charge in [0.1, 0.15) is 0 Å². The molecular formula is C21H31N3O. The molecule has 3 aliphatic rings. The van der Waals surface area contributed by atoms with Crippen molar-refractivity contribution in [3.05, 3.63) is 29.8 Å². The molecule has 25 heavy (non-hydrogen) atoms. The van der Waals surface area contributed by atoms with Gasteiger partial charge in [0.05, 0.1) is 0 Å². The number of likely N-dealkylation sites (tertiary alicyclic amines) is 1. The molecule has 1 saturated carbocycles. The van der Waals surface area contributed by atoms with E-state index in [0.29, 0.717) is 18.5 Å². The van der Waals surface area contributed by atoms with E-state index < -0.39 is 0 Å². The average Bonchev–Trinajstić information content (AvgIpc) is 3.47. The van der Waals surface area contributed by atoms with Crippen LogP contribution in [-0.4, -0.2) is 48.6 Å².